The second-order valence-corrected chi connectivity index (χ2v) is 6.88. The molecule has 0 fully saturated rings. The van der Waals surface area contributed by atoms with Gasteiger partial charge in [-0.15, -0.1) is 0 Å². The first-order valence-electron chi connectivity index (χ1n) is 8.45. The lowest BCUT2D eigenvalue weighted by molar-refractivity contribution is 0.0940. The van der Waals surface area contributed by atoms with Crippen molar-refractivity contribution in [3.63, 3.8) is 0 Å². The summed E-state index contributed by atoms with van der Waals surface area (Å²) < 4.78 is 6.72. The van der Waals surface area contributed by atoms with Crippen LogP contribution in [-0.4, -0.2) is 5.91 Å². The Morgan fingerprint density at radius 1 is 0.962 bits per heavy atom. The SMILES string of the molecule is CC(NC(=O)c1ccc(COc2ccccc2Br)cc1)c1ccccc1. The molecule has 0 bridgehead atoms. The molecule has 4 heteroatoms. The summed E-state index contributed by atoms with van der Waals surface area (Å²) in [5, 5.41) is 3.02. The van der Waals surface area contributed by atoms with Crippen LogP contribution in [0.3, 0.4) is 0 Å². The van der Waals surface area contributed by atoms with E-state index in [9.17, 15) is 4.79 Å². The summed E-state index contributed by atoms with van der Waals surface area (Å²) in [4.78, 5) is 12.4. The van der Waals surface area contributed by atoms with Crippen molar-refractivity contribution in [2.24, 2.45) is 0 Å². The molecule has 0 saturated heterocycles. The molecule has 0 radical (unpaired) electrons. The van der Waals surface area contributed by atoms with E-state index in [1.165, 1.54) is 0 Å². The van der Waals surface area contributed by atoms with Gasteiger partial charge in [0, 0.05) is 5.56 Å². The summed E-state index contributed by atoms with van der Waals surface area (Å²) in [6.45, 7) is 2.43. The van der Waals surface area contributed by atoms with Crippen molar-refractivity contribution in [3.8, 4) is 5.75 Å². The minimum atomic E-state index is -0.0837. The monoisotopic (exact) mass is 409 g/mol. The Hall–Kier alpha value is -2.59. The third-order valence-electron chi connectivity index (χ3n) is 4.09. The van der Waals surface area contributed by atoms with E-state index < -0.39 is 0 Å². The fourth-order valence-electron chi connectivity index (χ4n) is 2.58. The lowest BCUT2D eigenvalue weighted by atomic mass is 10.1. The number of hydrogen-bond donors (Lipinski definition) is 1. The largest absolute Gasteiger partial charge is 0.488 e. The number of benzene rings is 3. The molecule has 132 valence electrons. The van der Waals surface area contributed by atoms with Crippen LogP contribution in [0, 0.1) is 0 Å². The summed E-state index contributed by atoms with van der Waals surface area (Å²) in [5.74, 6) is 0.714. The number of ether oxygens (including phenoxy) is 1. The standard InChI is InChI=1S/C22H20BrNO2/c1-16(18-7-3-2-4-8-18)24-22(25)19-13-11-17(12-14-19)15-26-21-10-6-5-9-20(21)23/h2-14,16H,15H2,1H3,(H,24,25). The predicted octanol–water partition coefficient (Wildman–Crippen LogP) is 5.52. The van der Waals surface area contributed by atoms with Crippen LogP contribution >= 0.6 is 15.9 Å². The van der Waals surface area contributed by atoms with Gasteiger partial charge in [0.15, 0.2) is 0 Å². The summed E-state index contributed by atoms with van der Waals surface area (Å²) >= 11 is 3.46. The van der Waals surface area contributed by atoms with Crippen LogP contribution < -0.4 is 10.1 Å². The number of nitrogens with one attached hydrogen (secondary N) is 1. The highest BCUT2D eigenvalue weighted by Gasteiger charge is 2.11. The van der Waals surface area contributed by atoms with Crippen molar-refractivity contribution in [2.75, 3.05) is 0 Å². The van der Waals surface area contributed by atoms with Crippen LogP contribution in [0.15, 0.2) is 83.3 Å². The van der Waals surface area contributed by atoms with Gasteiger partial charge in [0.05, 0.1) is 10.5 Å². The van der Waals surface area contributed by atoms with Crippen molar-refractivity contribution in [2.45, 2.75) is 19.6 Å². The molecule has 0 aromatic heterocycles. The van der Waals surface area contributed by atoms with Crippen LogP contribution in [0.5, 0.6) is 5.75 Å². The second-order valence-electron chi connectivity index (χ2n) is 6.02. The molecule has 3 rings (SSSR count). The first-order chi connectivity index (χ1) is 12.6. The maximum atomic E-state index is 12.4. The molecule has 1 N–H and O–H groups in total. The number of hydrogen-bond acceptors (Lipinski definition) is 2. The van der Waals surface area contributed by atoms with E-state index in [4.69, 9.17) is 4.74 Å². The van der Waals surface area contributed by atoms with E-state index in [-0.39, 0.29) is 11.9 Å². The molecule has 0 saturated carbocycles. The third kappa shape index (κ3) is 4.73. The van der Waals surface area contributed by atoms with Crippen LogP contribution in [0.25, 0.3) is 0 Å². The van der Waals surface area contributed by atoms with Crippen LogP contribution in [0.4, 0.5) is 0 Å². The molecule has 1 atom stereocenters. The molecule has 0 aliphatic heterocycles. The maximum absolute atomic E-state index is 12.4. The van der Waals surface area contributed by atoms with Gasteiger partial charge in [-0.3, -0.25) is 4.79 Å². The highest BCUT2D eigenvalue weighted by atomic mass is 79.9. The Kier molecular flexibility index (Phi) is 6.08. The van der Waals surface area contributed by atoms with E-state index in [0.29, 0.717) is 12.2 Å². The number of amides is 1. The zero-order chi connectivity index (χ0) is 18.4. The van der Waals surface area contributed by atoms with Gasteiger partial charge in [-0.05, 0) is 58.2 Å². The summed E-state index contributed by atoms with van der Waals surface area (Å²) in [6.07, 6.45) is 0. The predicted molar refractivity (Wildman–Crippen MR) is 107 cm³/mol. The third-order valence-corrected chi connectivity index (χ3v) is 4.75. The van der Waals surface area contributed by atoms with Gasteiger partial charge < -0.3 is 10.1 Å². The van der Waals surface area contributed by atoms with E-state index >= 15 is 0 Å². The Morgan fingerprint density at radius 3 is 2.31 bits per heavy atom. The number of halogens is 1. The molecule has 3 nitrogen and oxygen atoms in total. The van der Waals surface area contributed by atoms with E-state index in [2.05, 4.69) is 21.2 Å². The zero-order valence-electron chi connectivity index (χ0n) is 14.5. The van der Waals surface area contributed by atoms with Crippen molar-refractivity contribution in [3.05, 3.63) is 100 Å². The fourth-order valence-corrected chi connectivity index (χ4v) is 2.98. The topological polar surface area (TPSA) is 38.3 Å². The van der Waals surface area contributed by atoms with Gasteiger partial charge in [0.25, 0.3) is 5.91 Å². The minimum Gasteiger partial charge on any atom is -0.488 e. The molecule has 0 aliphatic rings. The highest BCUT2D eigenvalue weighted by molar-refractivity contribution is 9.10. The molecule has 1 amide bonds. The Balaban J connectivity index is 1.58. The average Bonchev–Trinajstić information content (AvgIpc) is 2.68. The quantitative estimate of drug-likeness (QED) is 0.581. The molecule has 3 aromatic rings. The Bertz CT molecular complexity index is 863. The van der Waals surface area contributed by atoms with Gasteiger partial charge in [0.1, 0.15) is 12.4 Å². The molecule has 0 heterocycles. The van der Waals surface area contributed by atoms with Gasteiger partial charge in [-0.25, -0.2) is 0 Å². The smallest absolute Gasteiger partial charge is 0.251 e. The first-order valence-corrected chi connectivity index (χ1v) is 9.25. The van der Waals surface area contributed by atoms with E-state index in [1.54, 1.807) is 0 Å². The molecule has 0 spiro atoms. The van der Waals surface area contributed by atoms with Gasteiger partial charge in [0.2, 0.25) is 0 Å². The Morgan fingerprint density at radius 2 is 1.62 bits per heavy atom. The summed E-state index contributed by atoms with van der Waals surface area (Å²) in [5.41, 5.74) is 2.73. The minimum absolute atomic E-state index is 0.0397. The van der Waals surface area contributed by atoms with Crippen molar-refractivity contribution < 1.29 is 9.53 Å². The summed E-state index contributed by atoms with van der Waals surface area (Å²) in [7, 11) is 0. The second kappa shape index (κ2) is 8.68. The van der Waals surface area contributed by atoms with Crippen LogP contribution in [-0.2, 0) is 6.61 Å². The lowest BCUT2D eigenvalue weighted by Crippen LogP contribution is -2.26. The number of carbonyl (C=O) groups excluding carboxylic acids is 1. The Labute approximate surface area is 162 Å². The first kappa shape index (κ1) is 18.2. The highest BCUT2D eigenvalue weighted by Crippen LogP contribution is 2.24. The normalized spacial score (nSPS) is 11.6. The van der Waals surface area contributed by atoms with Gasteiger partial charge in [-0.2, -0.15) is 0 Å². The van der Waals surface area contributed by atoms with E-state index in [0.717, 1.165) is 21.3 Å². The number of rotatable bonds is 6. The van der Waals surface area contributed by atoms with E-state index in [1.807, 2.05) is 85.8 Å². The summed E-state index contributed by atoms with van der Waals surface area (Å²) in [6, 6.07) is 25.1. The van der Waals surface area contributed by atoms with Crippen LogP contribution in [0.1, 0.15) is 34.5 Å². The van der Waals surface area contributed by atoms with Gasteiger partial charge >= 0.3 is 0 Å². The van der Waals surface area contributed by atoms with Gasteiger partial charge in [-0.1, -0.05) is 54.6 Å². The van der Waals surface area contributed by atoms with Crippen LogP contribution in [0.2, 0.25) is 0 Å². The maximum Gasteiger partial charge on any atom is 0.251 e. The molecule has 0 aliphatic carbocycles. The molecular formula is C22H20BrNO2. The number of carbonyl (C=O) groups is 1. The molecule has 3 aromatic carbocycles. The molecular weight excluding hydrogens is 390 g/mol. The van der Waals surface area contributed by atoms with Crippen molar-refractivity contribution in [1.82, 2.24) is 5.32 Å². The molecule has 1 unspecified atom stereocenters. The zero-order valence-corrected chi connectivity index (χ0v) is 16.1. The van der Waals surface area contributed by atoms with Crippen molar-refractivity contribution in [1.29, 1.82) is 0 Å². The molecule has 26 heavy (non-hydrogen) atoms. The van der Waals surface area contributed by atoms with Crippen molar-refractivity contribution >= 4 is 21.8 Å². The number of para-hydroxylation sites is 1. The average molecular weight is 410 g/mol. The lowest BCUT2D eigenvalue weighted by Gasteiger charge is -2.14. The fraction of sp³-hybridized carbons (Fsp3) is 0.136.